The molecule has 0 saturated carbocycles. The highest BCUT2D eigenvalue weighted by molar-refractivity contribution is 5.51. The van der Waals surface area contributed by atoms with Crippen molar-refractivity contribution >= 4 is 5.82 Å². The van der Waals surface area contributed by atoms with Crippen molar-refractivity contribution in [3.05, 3.63) is 11.3 Å². The lowest BCUT2D eigenvalue weighted by Gasteiger charge is -2.38. The van der Waals surface area contributed by atoms with Crippen molar-refractivity contribution in [3.8, 4) is 0 Å². The summed E-state index contributed by atoms with van der Waals surface area (Å²) in [5.41, 5.74) is 8.37. The maximum atomic E-state index is 6.00. The molecule has 2 rings (SSSR count). The Morgan fingerprint density at radius 1 is 1.50 bits per heavy atom. The van der Waals surface area contributed by atoms with Gasteiger partial charge in [-0.1, -0.05) is 6.92 Å². The molecule has 1 fully saturated rings. The van der Waals surface area contributed by atoms with Gasteiger partial charge in [0.15, 0.2) is 0 Å². The Morgan fingerprint density at radius 2 is 2.20 bits per heavy atom. The van der Waals surface area contributed by atoms with Gasteiger partial charge in [0.2, 0.25) is 0 Å². The molecule has 114 valence electrons. The van der Waals surface area contributed by atoms with Gasteiger partial charge in [-0.25, -0.2) is 0 Å². The van der Waals surface area contributed by atoms with Crippen LogP contribution in [0.3, 0.4) is 0 Å². The molecular weight excluding hydrogens is 252 g/mol. The summed E-state index contributed by atoms with van der Waals surface area (Å²) >= 11 is 0. The first-order valence-electron chi connectivity index (χ1n) is 7.49. The molecule has 1 aliphatic heterocycles. The number of hydrogen-bond donors (Lipinski definition) is 1. The van der Waals surface area contributed by atoms with Gasteiger partial charge in [0.25, 0.3) is 0 Å². The van der Waals surface area contributed by atoms with E-state index < -0.39 is 0 Å². The summed E-state index contributed by atoms with van der Waals surface area (Å²) in [6, 6.07) is 0.151. The number of nitrogens with two attached hydrogens (primary N) is 1. The minimum absolute atomic E-state index is 0.151. The summed E-state index contributed by atoms with van der Waals surface area (Å²) in [4.78, 5) is 2.41. The summed E-state index contributed by atoms with van der Waals surface area (Å²) in [7, 11) is 3.83. The van der Waals surface area contributed by atoms with E-state index in [2.05, 4.69) is 23.8 Å². The van der Waals surface area contributed by atoms with E-state index in [0.717, 1.165) is 31.6 Å². The van der Waals surface area contributed by atoms with Gasteiger partial charge in [-0.2, -0.15) is 5.10 Å². The fourth-order valence-electron chi connectivity index (χ4n) is 3.18. The van der Waals surface area contributed by atoms with Crippen molar-refractivity contribution in [2.75, 3.05) is 25.1 Å². The Balaban J connectivity index is 2.27. The molecule has 0 aromatic carbocycles. The third kappa shape index (κ3) is 2.99. The highest BCUT2D eigenvalue weighted by Gasteiger charge is 2.29. The zero-order valence-electron chi connectivity index (χ0n) is 13.4. The van der Waals surface area contributed by atoms with Crippen LogP contribution in [-0.2, 0) is 18.2 Å². The number of nitrogens with zero attached hydrogens (tertiary/aromatic N) is 3. The quantitative estimate of drug-likeness (QED) is 0.907. The van der Waals surface area contributed by atoms with E-state index >= 15 is 0 Å². The number of rotatable bonds is 4. The smallest absolute Gasteiger partial charge is 0.130 e. The predicted octanol–water partition coefficient (Wildman–Crippen LogP) is 1.48. The summed E-state index contributed by atoms with van der Waals surface area (Å²) in [6.45, 7) is 8.38. The molecule has 0 bridgehead atoms. The zero-order valence-corrected chi connectivity index (χ0v) is 13.4. The molecule has 3 atom stereocenters. The summed E-state index contributed by atoms with van der Waals surface area (Å²) in [5.74, 6) is 1.83. The van der Waals surface area contributed by atoms with Crippen LogP contribution < -0.4 is 10.6 Å². The highest BCUT2D eigenvalue weighted by atomic mass is 16.5. The van der Waals surface area contributed by atoms with E-state index in [9.17, 15) is 0 Å². The number of ether oxygens (including phenoxy) is 1. The van der Waals surface area contributed by atoms with Gasteiger partial charge in [0.1, 0.15) is 5.82 Å². The molecule has 5 heteroatoms. The summed E-state index contributed by atoms with van der Waals surface area (Å²) < 4.78 is 7.62. The molecular formula is C15H28N4O. The van der Waals surface area contributed by atoms with Gasteiger partial charge in [0, 0.05) is 38.9 Å². The van der Waals surface area contributed by atoms with Gasteiger partial charge in [-0.05, 0) is 32.6 Å². The van der Waals surface area contributed by atoms with Gasteiger partial charge < -0.3 is 15.4 Å². The Morgan fingerprint density at radius 3 is 2.80 bits per heavy atom. The van der Waals surface area contributed by atoms with Crippen LogP contribution in [-0.4, -0.2) is 42.1 Å². The molecule has 0 amide bonds. The number of aryl methyl sites for hydroxylation is 2. The van der Waals surface area contributed by atoms with Crippen LogP contribution in [0.15, 0.2) is 0 Å². The number of piperidine rings is 1. The first-order chi connectivity index (χ1) is 9.43. The lowest BCUT2D eigenvalue weighted by molar-refractivity contribution is 0.0494. The molecule has 5 nitrogen and oxygen atoms in total. The van der Waals surface area contributed by atoms with Crippen LogP contribution in [0.25, 0.3) is 0 Å². The molecule has 2 N–H and O–H groups in total. The summed E-state index contributed by atoms with van der Waals surface area (Å²) in [6.07, 6.45) is 2.32. The fraction of sp³-hybridized carbons (Fsp3) is 0.800. The molecule has 1 saturated heterocycles. The lowest BCUT2D eigenvalue weighted by atomic mass is 9.95. The Kier molecular flexibility index (Phi) is 4.70. The Hall–Kier alpha value is -1.07. The number of anilines is 1. The first kappa shape index (κ1) is 15.3. The lowest BCUT2D eigenvalue weighted by Crippen LogP contribution is -2.45. The van der Waals surface area contributed by atoms with Crippen LogP contribution in [0.5, 0.6) is 0 Å². The molecule has 2 heterocycles. The molecule has 1 aromatic rings. The van der Waals surface area contributed by atoms with Gasteiger partial charge in [-0.15, -0.1) is 0 Å². The van der Waals surface area contributed by atoms with Crippen molar-refractivity contribution in [1.82, 2.24) is 9.78 Å². The molecule has 1 aliphatic rings. The second-order valence-electron chi connectivity index (χ2n) is 6.18. The maximum absolute atomic E-state index is 6.00. The molecule has 0 radical (unpaired) electrons. The largest absolute Gasteiger partial charge is 0.379 e. The van der Waals surface area contributed by atoms with Crippen molar-refractivity contribution in [1.29, 1.82) is 0 Å². The standard InChI is InChI=1S/C15H28N4O/c1-10-6-7-19(9-14(10)20-5)15-13(8-11(2)16)12(3)17-18(15)4/h10-11,14H,6-9,16H2,1-5H3. The van der Waals surface area contributed by atoms with Crippen LogP contribution in [0.4, 0.5) is 5.82 Å². The fourth-order valence-corrected chi connectivity index (χ4v) is 3.18. The zero-order chi connectivity index (χ0) is 14.9. The molecule has 0 spiro atoms. The first-order valence-corrected chi connectivity index (χ1v) is 7.49. The predicted molar refractivity (Wildman–Crippen MR) is 82.1 cm³/mol. The van der Waals surface area contributed by atoms with Crippen molar-refractivity contribution in [2.45, 2.75) is 45.8 Å². The number of aromatic nitrogens is 2. The van der Waals surface area contributed by atoms with E-state index in [1.807, 2.05) is 25.8 Å². The number of methoxy groups -OCH3 is 1. The van der Waals surface area contributed by atoms with Crippen LogP contribution >= 0.6 is 0 Å². The average molecular weight is 280 g/mol. The minimum atomic E-state index is 0.151. The van der Waals surface area contributed by atoms with Gasteiger partial charge in [0.05, 0.1) is 11.8 Å². The third-order valence-electron chi connectivity index (χ3n) is 4.33. The molecule has 20 heavy (non-hydrogen) atoms. The van der Waals surface area contributed by atoms with Crippen LogP contribution in [0.2, 0.25) is 0 Å². The normalized spacial score (nSPS) is 25.0. The average Bonchev–Trinajstić information content (AvgIpc) is 2.65. The number of hydrogen-bond acceptors (Lipinski definition) is 4. The second-order valence-corrected chi connectivity index (χ2v) is 6.18. The van der Waals surface area contributed by atoms with Crippen molar-refractivity contribution in [2.24, 2.45) is 18.7 Å². The highest BCUT2D eigenvalue weighted by Crippen LogP contribution is 2.29. The van der Waals surface area contributed by atoms with E-state index in [-0.39, 0.29) is 6.04 Å². The topological polar surface area (TPSA) is 56.3 Å². The van der Waals surface area contributed by atoms with E-state index in [4.69, 9.17) is 10.5 Å². The molecule has 1 aromatic heterocycles. The second kappa shape index (κ2) is 6.14. The maximum Gasteiger partial charge on any atom is 0.130 e. The SMILES string of the molecule is COC1CN(c2c(CC(C)N)c(C)nn2C)CCC1C. The Labute approximate surface area is 122 Å². The molecule has 0 aliphatic carbocycles. The summed E-state index contributed by atoms with van der Waals surface area (Å²) in [5, 5.41) is 4.59. The minimum Gasteiger partial charge on any atom is -0.379 e. The Bertz CT molecular complexity index is 455. The monoisotopic (exact) mass is 280 g/mol. The van der Waals surface area contributed by atoms with Crippen molar-refractivity contribution < 1.29 is 4.74 Å². The van der Waals surface area contributed by atoms with Crippen LogP contribution in [0, 0.1) is 12.8 Å². The van der Waals surface area contributed by atoms with E-state index in [1.165, 1.54) is 11.4 Å². The van der Waals surface area contributed by atoms with Gasteiger partial charge in [-0.3, -0.25) is 4.68 Å². The third-order valence-corrected chi connectivity index (χ3v) is 4.33. The van der Waals surface area contributed by atoms with Crippen molar-refractivity contribution in [3.63, 3.8) is 0 Å². The van der Waals surface area contributed by atoms with Gasteiger partial charge >= 0.3 is 0 Å². The molecule has 3 unspecified atom stereocenters. The van der Waals surface area contributed by atoms with E-state index in [1.54, 1.807) is 0 Å². The van der Waals surface area contributed by atoms with E-state index in [0.29, 0.717) is 12.0 Å². The van der Waals surface area contributed by atoms with Crippen LogP contribution in [0.1, 0.15) is 31.5 Å².